The first-order chi connectivity index (χ1) is 15.1. The number of aromatic nitrogens is 1. The highest BCUT2D eigenvalue weighted by Crippen LogP contribution is 2.33. The van der Waals surface area contributed by atoms with Crippen LogP contribution in [0.2, 0.25) is 5.02 Å². The zero-order valence-corrected chi connectivity index (χ0v) is 17.7. The maximum Gasteiger partial charge on any atom is 0.417 e. The van der Waals surface area contributed by atoms with Crippen molar-refractivity contribution in [1.29, 1.82) is 0 Å². The molecule has 1 aromatic carbocycles. The summed E-state index contributed by atoms with van der Waals surface area (Å²) in [6, 6.07) is 6.47. The summed E-state index contributed by atoms with van der Waals surface area (Å²) in [5, 5.41) is 20.9. The van der Waals surface area contributed by atoms with E-state index in [1.54, 1.807) is 0 Å². The number of halogens is 4. The van der Waals surface area contributed by atoms with E-state index in [0.717, 1.165) is 18.7 Å². The van der Waals surface area contributed by atoms with Crippen LogP contribution >= 0.6 is 11.6 Å². The number of ether oxygens (including phenoxy) is 1. The molecule has 1 aliphatic rings. The Hall–Kier alpha value is -2.63. The Balaban J connectivity index is 1.50. The maximum atomic E-state index is 12.8. The van der Waals surface area contributed by atoms with E-state index in [1.807, 2.05) is 9.80 Å². The number of benzene rings is 1. The SMILES string of the molecule is O=[N+]([O-])c1ccc(OCC(O)CN2CCCN(c3ncc(C(F)(F)F)cc3Cl)CC2)cc1. The molecule has 0 radical (unpaired) electrons. The second kappa shape index (κ2) is 10.3. The highest BCUT2D eigenvalue weighted by Gasteiger charge is 2.32. The number of hydrogen-bond donors (Lipinski definition) is 1. The maximum absolute atomic E-state index is 12.8. The minimum Gasteiger partial charge on any atom is -0.491 e. The fourth-order valence-corrected chi connectivity index (χ4v) is 3.68. The van der Waals surface area contributed by atoms with Gasteiger partial charge in [0.05, 0.1) is 15.5 Å². The second-order valence-corrected chi connectivity index (χ2v) is 7.79. The lowest BCUT2D eigenvalue weighted by Gasteiger charge is -2.25. The van der Waals surface area contributed by atoms with Gasteiger partial charge >= 0.3 is 6.18 Å². The fraction of sp³-hybridized carbons (Fsp3) is 0.450. The molecule has 1 aromatic heterocycles. The number of alkyl halides is 3. The molecule has 3 rings (SSSR count). The molecule has 32 heavy (non-hydrogen) atoms. The molecule has 1 atom stereocenters. The van der Waals surface area contributed by atoms with Crippen molar-refractivity contribution < 1.29 is 27.9 Å². The number of pyridine rings is 1. The summed E-state index contributed by atoms with van der Waals surface area (Å²) in [6.45, 7) is 2.67. The quantitative estimate of drug-likeness (QED) is 0.484. The van der Waals surface area contributed by atoms with Gasteiger partial charge in [0.25, 0.3) is 5.69 Å². The van der Waals surface area contributed by atoms with Gasteiger partial charge in [-0.25, -0.2) is 4.98 Å². The molecule has 0 spiro atoms. The average molecular weight is 475 g/mol. The molecule has 0 amide bonds. The number of aliphatic hydroxyl groups is 1. The normalized spacial score (nSPS) is 16.5. The summed E-state index contributed by atoms with van der Waals surface area (Å²) in [5.74, 6) is 0.725. The minimum absolute atomic E-state index is 0.0182. The van der Waals surface area contributed by atoms with Gasteiger partial charge in [-0.05, 0) is 31.2 Å². The molecule has 8 nitrogen and oxygen atoms in total. The summed E-state index contributed by atoms with van der Waals surface area (Å²) in [4.78, 5) is 18.0. The molecule has 2 aromatic rings. The molecule has 1 unspecified atom stereocenters. The molecular formula is C20H22ClF3N4O4. The number of aliphatic hydroxyl groups excluding tert-OH is 1. The lowest BCUT2D eigenvalue weighted by Crippen LogP contribution is -2.38. The van der Waals surface area contributed by atoms with Crippen molar-refractivity contribution in [1.82, 2.24) is 9.88 Å². The summed E-state index contributed by atoms with van der Waals surface area (Å²) in [5.41, 5.74) is -0.937. The van der Waals surface area contributed by atoms with Crippen molar-refractivity contribution in [2.24, 2.45) is 0 Å². The Labute approximate surface area is 187 Å². The van der Waals surface area contributed by atoms with Crippen LogP contribution in [0.1, 0.15) is 12.0 Å². The van der Waals surface area contributed by atoms with Gasteiger partial charge in [-0.15, -0.1) is 0 Å². The van der Waals surface area contributed by atoms with Crippen LogP contribution in [-0.4, -0.2) is 65.3 Å². The second-order valence-electron chi connectivity index (χ2n) is 7.38. The molecule has 0 saturated carbocycles. The fourth-order valence-electron chi connectivity index (χ4n) is 3.39. The smallest absolute Gasteiger partial charge is 0.417 e. The van der Waals surface area contributed by atoms with E-state index < -0.39 is 22.8 Å². The standard InChI is InChI=1S/C20H22ClF3N4O4/c21-18-10-14(20(22,23)24)11-25-19(18)27-7-1-6-26(8-9-27)12-16(29)13-32-17-4-2-15(3-5-17)28(30)31/h2-5,10-11,16,29H,1,6-9,12-13H2. The van der Waals surface area contributed by atoms with E-state index in [2.05, 4.69) is 4.98 Å². The van der Waals surface area contributed by atoms with Crippen LogP contribution in [0.5, 0.6) is 5.75 Å². The van der Waals surface area contributed by atoms with Crippen LogP contribution in [0.4, 0.5) is 24.7 Å². The number of nitro benzene ring substituents is 1. The number of rotatable bonds is 7. The molecule has 0 aliphatic carbocycles. The predicted octanol–water partition coefficient (Wildman–Crippen LogP) is 3.61. The third-order valence-electron chi connectivity index (χ3n) is 5.00. The molecule has 1 fully saturated rings. The highest BCUT2D eigenvalue weighted by atomic mass is 35.5. The number of β-amino-alcohol motifs (C(OH)–C–C–N with tert-alkyl or cyclic N) is 1. The van der Waals surface area contributed by atoms with Crippen LogP contribution in [-0.2, 0) is 6.18 Å². The molecule has 1 N–H and O–H groups in total. The van der Waals surface area contributed by atoms with Gasteiger partial charge in [0.2, 0.25) is 0 Å². The topological polar surface area (TPSA) is 92.0 Å². The van der Waals surface area contributed by atoms with E-state index in [-0.39, 0.29) is 17.3 Å². The molecule has 12 heteroatoms. The Morgan fingerprint density at radius 3 is 2.56 bits per heavy atom. The zero-order valence-electron chi connectivity index (χ0n) is 17.0. The Bertz CT molecular complexity index is 930. The largest absolute Gasteiger partial charge is 0.491 e. The number of anilines is 1. The van der Waals surface area contributed by atoms with Gasteiger partial charge in [0, 0.05) is 44.5 Å². The van der Waals surface area contributed by atoms with Crippen LogP contribution in [0, 0.1) is 10.1 Å². The van der Waals surface area contributed by atoms with Crippen LogP contribution < -0.4 is 9.64 Å². The Kier molecular flexibility index (Phi) is 7.75. The van der Waals surface area contributed by atoms with Gasteiger partial charge in [-0.1, -0.05) is 11.6 Å². The monoisotopic (exact) mass is 474 g/mol. The Morgan fingerprint density at radius 2 is 1.94 bits per heavy atom. The first-order valence-corrected chi connectivity index (χ1v) is 10.3. The third kappa shape index (κ3) is 6.44. The van der Waals surface area contributed by atoms with Crippen molar-refractivity contribution in [2.75, 3.05) is 44.2 Å². The van der Waals surface area contributed by atoms with Crippen molar-refractivity contribution in [3.05, 3.63) is 57.2 Å². The van der Waals surface area contributed by atoms with E-state index >= 15 is 0 Å². The summed E-state index contributed by atoms with van der Waals surface area (Å²) < 4.78 is 44.0. The predicted molar refractivity (Wildman–Crippen MR) is 112 cm³/mol. The first kappa shape index (κ1) is 24.0. The number of non-ortho nitro benzene ring substituents is 1. The van der Waals surface area contributed by atoms with E-state index in [4.69, 9.17) is 16.3 Å². The van der Waals surface area contributed by atoms with Crippen molar-refractivity contribution in [2.45, 2.75) is 18.7 Å². The zero-order chi connectivity index (χ0) is 23.3. The van der Waals surface area contributed by atoms with Gasteiger partial charge in [-0.2, -0.15) is 13.2 Å². The van der Waals surface area contributed by atoms with E-state index in [1.165, 1.54) is 24.3 Å². The van der Waals surface area contributed by atoms with Crippen molar-refractivity contribution >= 4 is 23.1 Å². The summed E-state index contributed by atoms with van der Waals surface area (Å²) in [6.07, 6.45) is -3.79. The molecule has 174 valence electrons. The average Bonchev–Trinajstić information content (AvgIpc) is 2.97. The van der Waals surface area contributed by atoms with Gasteiger partial charge in [-0.3, -0.25) is 15.0 Å². The molecule has 1 aliphatic heterocycles. The van der Waals surface area contributed by atoms with E-state index in [0.29, 0.717) is 44.3 Å². The van der Waals surface area contributed by atoms with Crippen molar-refractivity contribution in [3.8, 4) is 5.75 Å². The van der Waals surface area contributed by atoms with Crippen LogP contribution in [0.3, 0.4) is 0 Å². The van der Waals surface area contributed by atoms with Gasteiger partial charge in [0.1, 0.15) is 24.3 Å². The van der Waals surface area contributed by atoms with Crippen molar-refractivity contribution in [3.63, 3.8) is 0 Å². The number of hydrogen-bond acceptors (Lipinski definition) is 7. The molecular weight excluding hydrogens is 453 g/mol. The molecule has 2 heterocycles. The van der Waals surface area contributed by atoms with Gasteiger partial charge < -0.3 is 14.7 Å². The number of nitro groups is 1. The van der Waals surface area contributed by atoms with Crippen LogP contribution in [0.25, 0.3) is 0 Å². The van der Waals surface area contributed by atoms with Gasteiger partial charge in [0.15, 0.2) is 0 Å². The summed E-state index contributed by atoms with van der Waals surface area (Å²) >= 11 is 6.06. The lowest BCUT2D eigenvalue weighted by molar-refractivity contribution is -0.384. The molecule has 0 bridgehead atoms. The minimum atomic E-state index is -4.50. The first-order valence-electron chi connectivity index (χ1n) is 9.89. The number of nitrogens with zero attached hydrogens (tertiary/aromatic N) is 4. The van der Waals surface area contributed by atoms with Crippen LogP contribution in [0.15, 0.2) is 36.5 Å². The molecule has 1 saturated heterocycles. The lowest BCUT2D eigenvalue weighted by atomic mass is 10.2. The highest BCUT2D eigenvalue weighted by molar-refractivity contribution is 6.33. The van der Waals surface area contributed by atoms with E-state index in [9.17, 15) is 28.4 Å². The third-order valence-corrected chi connectivity index (χ3v) is 5.27. The summed E-state index contributed by atoms with van der Waals surface area (Å²) in [7, 11) is 0. The Morgan fingerprint density at radius 1 is 1.22 bits per heavy atom.